The Morgan fingerprint density at radius 1 is 1.32 bits per heavy atom. The van der Waals surface area contributed by atoms with E-state index in [1.165, 1.54) is 0 Å². The van der Waals surface area contributed by atoms with Crippen LogP contribution < -0.4 is 5.32 Å². The molecule has 0 saturated heterocycles. The zero-order valence-electron chi connectivity index (χ0n) is 11.2. The Morgan fingerprint density at radius 2 is 2.05 bits per heavy atom. The second kappa shape index (κ2) is 6.53. The highest BCUT2D eigenvalue weighted by atomic mass is 79.9. The maximum Gasteiger partial charge on any atom is 0.251 e. The van der Waals surface area contributed by atoms with Crippen LogP contribution in [-0.4, -0.2) is 23.2 Å². The van der Waals surface area contributed by atoms with E-state index < -0.39 is 6.10 Å². The number of aryl methyl sites for hydroxylation is 1. The van der Waals surface area contributed by atoms with Crippen molar-refractivity contribution in [1.82, 2.24) is 5.32 Å². The van der Waals surface area contributed by atoms with Crippen LogP contribution in [0.3, 0.4) is 0 Å². The Morgan fingerprint density at radius 3 is 2.84 bits per heavy atom. The van der Waals surface area contributed by atoms with Crippen molar-refractivity contribution in [2.45, 2.75) is 51.2 Å². The summed E-state index contributed by atoms with van der Waals surface area (Å²) in [6, 6.07) is 5.55. The molecule has 2 N–H and O–H groups in total. The average molecular weight is 326 g/mol. The molecule has 0 aliphatic heterocycles. The van der Waals surface area contributed by atoms with E-state index in [9.17, 15) is 9.90 Å². The van der Waals surface area contributed by atoms with Gasteiger partial charge >= 0.3 is 0 Å². The van der Waals surface area contributed by atoms with Crippen molar-refractivity contribution in [3.63, 3.8) is 0 Å². The summed E-state index contributed by atoms with van der Waals surface area (Å²) in [7, 11) is 0. The minimum atomic E-state index is -0.418. The molecule has 2 rings (SSSR count). The number of aliphatic hydroxyl groups excluding tert-OH is 1. The molecule has 2 unspecified atom stereocenters. The summed E-state index contributed by atoms with van der Waals surface area (Å²) in [6.45, 7) is 1.92. The van der Waals surface area contributed by atoms with Crippen LogP contribution in [0.2, 0.25) is 0 Å². The van der Waals surface area contributed by atoms with E-state index in [0.29, 0.717) is 5.56 Å². The number of carbonyl (C=O) groups excluding carboxylic acids is 1. The maximum absolute atomic E-state index is 12.3. The third kappa shape index (κ3) is 3.80. The molecule has 1 aromatic carbocycles. The Kier molecular flexibility index (Phi) is 4.99. The lowest BCUT2D eigenvalue weighted by Gasteiger charge is -2.22. The Balaban J connectivity index is 2.09. The first-order chi connectivity index (χ1) is 9.08. The van der Waals surface area contributed by atoms with Gasteiger partial charge in [-0.05, 0) is 37.5 Å². The lowest BCUT2D eigenvalue weighted by molar-refractivity contribution is 0.0818. The van der Waals surface area contributed by atoms with Crippen LogP contribution in [0.1, 0.15) is 48.0 Å². The molecule has 1 saturated carbocycles. The van der Waals surface area contributed by atoms with Crippen LogP contribution in [0, 0.1) is 6.92 Å². The quantitative estimate of drug-likeness (QED) is 0.820. The van der Waals surface area contributed by atoms with Gasteiger partial charge in [0.2, 0.25) is 0 Å². The largest absolute Gasteiger partial charge is 0.391 e. The van der Waals surface area contributed by atoms with E-state index in [1.54, 1.807) is 0 Å². The molecule has 1 fully saturated rings. The minimum absolute atomic E-state index is 0.0928. The highest BCUT2D eigenvalue weighted by Crippen LogP contribution is 2.20. The van der Waals surface area contributed by atoms with E-state index >= 15 is 0 Å². The molecule has 104 valence electrons. The number of benzene rings is 1. The molecule has 19 heavy (non-hydrogen) atoms. The first kappa shape index (κ1) is 14.5. The molecule has 4 heteroatoms. The molecule has 3 nitrogen and oxygen atoms in total. The van der Waals surface area contributed by atoms with E-state index in [4.69, 9.17) is 0 Å². The molecule has 1 aromatic rings. The van der Waals surface area contributed by atoms with Crippen molar-refractivity contribution >= 4 is 21.8 Å². The third-order valence-electron chi connectivity index (χ3n) is 3.74. The fourth-order valence-corrected chi connectivity index (χ4v) is 2.90. The highest BCUT2D eigenvalue weighted by Gasteiger charge is 2.24. The molecule has 0 bridgehead atoms. The van der Waals surface area contributed by atoms with Crippen molar-refractivity contribution in [2.75, 3.05) is 0 Å². The van der Waals surface area contributed by atoms with Crippen LogP contribution in [0.25, 0.3) is 0 Å². The predicted molar refractivity (Wildman–Crippen MR) is 79.2 cm³/mol. The molecule has 0 heterocycles. The van der Waals surface area contributed by atoms with Gasteiger partial charge in [-0.1, -0.05) is 41.3 Å². The molecule has 0 aromatic heterocycles. The fourth-order valence-electron chi connectivity index (χ4n) is 2.54. The highest BCUT2D eigenvalue weighted by molar-refractivity contribution is 9.10. The maximum atomic E-state index is 12.3. The molecule has 1 amide bonds. The van der Waals surface area contributed by atoms with Gasteiger partial charge in [-0.3, -0.25) is 4.79 Å². The van der Waals surface area contributed by atoms with Crippen LogP contribution in [-0.2, 0) is 0 Å². The van der Waals surface area contributed by atoms with E-state index in [1.807, 2.05) is 25.1 Å². The molecule has 2 atom stereocenters. The first-order valence-corrected chi connectivity index (χ1v) is 7.62. The number of rotatable bonds is 2. The molecule has 0 spiro atoms. The van der Waals surface area contributed by atoms with Gasteiger partial charge in [-0.25, -0.2) is 0 Å². The normalized spacial score (nSPS) is 23.7. The molecule has 0 radical (unpaired) electrons. The third-order valence-corrected chi connectivity index (χ3v) is 4.23. The summed E-state index contributed by atoms with van der Waals surface area (Å²) in [5, 5.41) is 13.0. The van der Waals surface area contributed by atoms with Gasteiger partial charge in [0.25, 0.3) is 5.91 Å². The van der Waals surface area contributed by atoms with Gasteiger partial charge in [0.1, 0.15) is 0 Å². The van der Waals surface area contributed by atoms with Crippen molar-refractivity contribution < 1.29 is 9.90 Å². The zero-order chi connectivity index (χ0) is 13.8. The van der Waals surface area contributed by atoms with Crippen LogP contribution in [0.5, 0.6) is 0 Å². The van der Waals surface area contributed by atoms with Crippen molar-refractivity contribution in [3.05, 3.63) is 33.8 Å². The summed E-state index contributed by atoms with van der Waals surface area (Å²) in [5.41, 5.74) is 1.62. The van der Waals surface area contributed by atoms with Crippen molar-refractivity contribution in [2.24, 2.45) is 0 Å². The Hall–Kier alpha value is -0.870. The second-order valence-corrected chi connectivity index (χ2v) is 6.16. The summed E-state index contributed by atoms with van der Waals surface area (Å²) in [5.74, 6) is -0.0928. The van der Waals surface area contributed by atoms with Crippen LogP contribution in [0.4, 0.5) is 0 Å². The average Bonchev–Trinajstić information content (AvgIpc) is 2.58. The van der Waals surface area contributed by atoms with Gasteiger partial charge in [-0.2, -0.15) is 0 Å². The SMILES string of the molecule is Cc1ccc(Br)cc1C(=O)NC1CCCCCC1O. The summed E-state index contributed by atoms with van der Waals surface area (Å²) in [4.78, 5) is 12.3. The number of amides is 1. The molecular weight excluding hydrogens is 306 g/mol. The number of aliphatic hydroxyl groups is 1. The fraction of sp³-hybridized carbons (Fsp3) is 0.533. The lowest BCUT2D eigenvalue weighted by atomic mass is 10.0. The van der Waals surface area contributed by atoms with Crippen LogP contribution in [0.15, 0.2) is 22.7 Å². The predicted octanol–water partition coefficient (Wildman–Crippen LogP) is 3.18. The minimum Gasteiger partial charge on any atom is -0.391 e. The summed E-state index contributed by atoms with van der Waals surface area (Å²) >= 11 is 3.38. The molecule has 1 aliphatic carbocycles. The van der Waals surface area contributed by atoms with Gasteiger partial charge in [-0.15, -0.1) is 0 Å². The first-order valence-electron chi connectivity index (χ1n) is 6.83. The topological polar surface area (TPSA) is 49.3 Å². The number of carbonyl (C=O) groups is 1. The zero-order valence-corrected chi connectivity index (χ0v) is 12.7. The molecular formula is C15H20BrNO2. The smallest absolute Gasteiger partial charge is 0.251 e. The monoisotopic (exact) mass is 325 g/mol. The Labute approximate surface area is 122 Å². The lowest BCUT2D eigenvalue weighted by Crippen LogP contribution is -2.42. The Bertz CT molecular complexity index is 461. The van der Waals surface area contributed by atoms with E-state index in [0.717, 1.165) is 42.1 Å². The number of hydrogen-bond acceptors (Lipinski definition) is 2. The number of hydrogen-bond donors (Lipinski definition) is 2. The number of nitrogens with one attached hydrogen (secondary N) is 1. The van der Waals surface area contributed by atoms with Gasteiger partial charge in [0.05, 0.1) is 12.1 Å². The van der Waals surface area contributed by atoms with Crippen molar-refractivity contribution in [1.29, 1.82) is 0 Å². The van der Waals surface area contributed by atoms with Gasteiger partial charge < -0.3 is 10.4 Å². The summed E-state index contributed by atoms with van der Waals surface area (Å²) < 4.78 is 0.893. The van der Waals surface area contributed by atoms with E-state index in [-0.39, 0.29) is 11.9 Å². The number of halogens is 1. The van der Waals surface area contributed by atoms with Crippen LogP contribution >= 0.6 is 15.9 Å². The van der Waals surface area contributed by atoms with Gasteiger partial charge in [0.15, 0.2) is 0 Å². The van der Waals surface area contributed by atoms with Crippen molar-refractivity contribution in [3.8, 4) is 0 Å². The van der Waals surface area contributed by atoms with E-state index in [2.05, 4.69) is 21.2 Å². The molecule has 1 aliphatic rings. The standard InChI is InChI=1S/C15H20BrNO2/c1-10-7-8-11(16)9-12(10)15(19)17-13-5-3-2-4-6-14(13)18/h7-9,13-14,18H,2-6H2,1H3,(H,17,19). The van der Waals surface area contributed by atoms with Gasteiger partial charge in [0, 0.05) is 10.0 Å². The second-order valence-electron chi connectivity index (χ2n) is 5.24. The summed E-state index contributed by atoms with van der Waals surface area (Å²) in [6.07, 6.45) is 4.48.